The van der Waals surface area contributed by atoms with E-state index in [0.29, 0.717) is 30.3 Å². The van der Waals surface area contributed by atoms with Crippen LogP contribution in [0.5, 0.6) is 11.5 Å². The minimum Gasteiger partial charge on any atom is -0.493 e. The number of nitrogen functional groups attached to an aromatic ring is 1. The standard InChI is InChI=1S/C13H20N2O3/c1-4-15(5-2)13(16)9-18-12-8-10(14)6-7-11(12)17-3/h6-8H,4-5,9,14H2,1-3H3. The lowest BCUT2D eigenvalue weighted by atomic mass is 10.3. The molecular formula is C13H20N2O3. The molecule has 0 fully saturated rings. The number of methoxy groups -OCH3 is 1. The second-order valence-corrected chi connectivity index (χ2v) is 3.77. The number of rotatable bonds is 6. The largest absolute Gasteiger partial charge is 0.493 e. The molecule has 5 heteroatoms. The maximum Gasteiger partial charge on any atom is 0.260 e. The lowest BCUT2D eigenvalue weighted by Gasteiger charge is -2.19. The number of anilines is 1. The smallest absolute Gasteiger partial charge is 0.260 e. The van der Waals surface area contributed by atoms with E-state index in [1.54, 1.807) is 30.2 Å². The van der Waals surface area contributed by atoms with Gasteiger partial charge in [-0.15, -0.1) is 0 Å². The molecule has 0 saturated heterocycles. The maximum absolute atomic E-state index is 11.8. The van der Waals surface area contributed by atoms with Crippen LogP contribution in [0, 0.1) is 0 Å². The molecule has 0 aromatic heterocycles. The molecule has 0 radical (unpaired) electrons. The lowest BCUT2D eigenvalue weighted by Crippen LogP contribution is -2.34. The van der Waals surface area contributed by atoms with E-state index in [1.165, 1.54) is 0 Å². The summed E-state index contributed by atoms with van der Waals surface area (Å²) in [6, 6.07) is 5.08. The van der Waals surface area contributed by atoms with Crippen LogP contribution in [0.25, 0.3) is 0 Å². The summed E-state index contributed by atoms with van der Waals surface area (Å²) in [6.07, 6.45) is 0. The number of benzene rings is 1. The predicted molar refractivity (Wildman–Crippen MR) is 70.8 cm³/mol. The Morgan fingerprint density at radius 1 is 1.28 bits per heavy atom. The number of ether oxygens (including phenoxy) is 2. The summed E-state index contributed by atoms with van der Waals surface area (Å²) in [5, 5.41) is 0. The maximum atomic E-state index is 11.8. The molecule has 0 aliphatic carbocycles. The fraction of sp³-hybridized carbons (Fsp3) is 0.462. The Labute approximate surface area is 107 Å². The molecule has 0 aliphatic heterocycles. The van der Waals surface area contributed by atoms with Gasteiger partial charge in [-0.05, 0) is 26.0 Å². The molecule has 0 spiro atoms. The van der Waals surface area contributed by atoms with Crippen molar-refractivity contribution in [3.8, 4) is 11.5 Å². The molecule has 1 amide bonds. The molecule has 1 aromatic rings. The van der Waals surface area contributed by atoms with Crippen LogP contribution in [-0.2, 0) is 4.79 Å². The third-order valence-electron chi connectivity index (χ3n) is 2.65. The van der Waals surface area contributed by atoms with Gasteiger partial charge in [-0.1, -0.05) is 0 Å². The zero-order valence-corrected chi connectivity index (χ0v) is 11.1. The average molecular weight is 252 g/mol. The highest BCUT2D eigenvalue weighted by molar-refractivity contribution is 5.77. The van der Waals surface area contributed by atoms with Gasteiger partial charge in [0.15, 0.2) is 18.1 Å². The Hall–Kier alpha value is -1.91. The number of nitrogens with two attached hydrogens (primary N) is 1. The Morgan fingerprint density at radius 2 is 1.94 bits per heavy atom. The van der Waals surface area contributed by atoms with Crippen molar-refractivity contribution in [2.45, 2.75) is 13.8 Å². The average Bonchev–Trinajstić information content (AvgIpc) is 2.38. The van der Waals surface area contributed by atoms with E-state index in [-0.39, 0.29) is 12.5 Å². The summed E-state index contributed by atoms with van der Waals surface area (Å²) in [6.45, 7) is 5.20. The molecule has 0 heterocycles. The Bertz CT molecular complexity index is 403. The van der Waals surface area contributed by atoms with Gasteiger partial charge in [0, 0.05) is 24.8 Å². The van der Waals surface area contributed by atoms with E-state index in [0.717, 1.165) is 0 Å². The first-order valence-electron chi connectivity index (χ1n) is 5.96. The van der Waals surface area contributed by atoms with Crippen LogP contribution >= 0.6 is 0 Å². The van der Waals surface area contributed by atoms with Crippen molar-refractivity contribution in [3.63, 3.8) is 0 Å². The third kappa shape index (κ3) is 3.55. The van der Waals surface area contributed by atoms with Crippen LogP contribution in [0.2, 0.25) is 0 Å². The highest BCUT2D eigenvalue weighted by Gasteiger charge is 2.12. The lowest BCUT2D eigenvalue weighted by molar-refractivity contribution is -0.132. The summed E-state index contributed by atoms with van der Waals surface area (Å²) in [7, 11) is 1.55. The summed E-state index contributed by atoms with van der Waals surface area (Å²) in [4.78, 5) is 13.5. The highest BCUT2D eigenvalue weighted by Crippen LogP contribution is 2.28. The topological polar surface area (TPSA) is 64.8 Å². The molecule has 1 rings (SSSR count). The number of nitrogens with zero attached hydrogens (tertiary/aromatic N) is 1. The van der Waals surface area contributed by atoms with Crippen molar-refractivity contribution < 1.29 is 14.3 Å². The SMILES string of the molecule is CCN(CC)C(=O)COc1cc(N)ccc1OC. The zero-order chi connectivity index (χ0) is 13.5. The quantitative estimate of drug-likeness (QED) is 0.780. The normalized spacial score (nSPS) is 9.94. The predicted octanol–water partition coefficient (Wildman–Crippen LogP) is 1.52. The van der Waals surface area contributed by atoms with Crippen LogP contribution in [-0.4, -0.2) is 37.6 Å². The fourth-order valence-corrected chi connectivity index (χ4v) is 1.61. The van der Waals surface area contributed by atoms with Gasteiger partial charge < -0.3 is 20.1 Å². The molecule has 18 heavy (non-hydrogen) atoms. The molecular weight excluding hydrogens is 232 g/mol. The summed E-state index contributed by atoms with van der Waals surface area (Å²) in [5.41, 5.74) is 6.24. The van der Waals surface area contributed by atoms with Gasteiger partial charge in [-0.2, -0.15) is 0 Å². The van der Waals surface area contributed by atoms with Gasteiger partial charge in [0.05, 0.1) is 7.11 Å². The van der Waals surface area contributed by atoms with Crippen LogP contribution in [0.15, 0.2) is 18.2 Å². The van der Waals surface area contributed by atoms with E-state index in [2.05, 4.69) is 0 Å². The van der Waals surface area contributed by atoms with Crippen molar-refractivity contribution in [2.24, 2.45) is 0 Å². The molecule has 0 unspecified atom stereocenters. The number of carbonyl (C=O) groups excluding carboxylic acids is 1. The Morgan fingerprint density at radius 3 is 2.50 bits per heavy atom. The minimum absolute atomic E-state index is 0.0124. The summed E-state index contributed by atoms with van der Waals surface area (Å²) >= 11 is 0. The van der Waals surface area contributed by atoms with E-state index in [9.17, 15) is 4.79 Å². The van der Waals surface area contributed by atoms with Crippen molar-refractivity contribution in [3.05, 3.63) is 18.2 Å². The van der Waals surface area contributed by atoms with Gasteiger partial charge in [0.1, 0.15) is 0 Å². The number of hydrogen-bond acceptors (Lipinski definition) is 4. The molecule has 0 saturated carbocycles. The van der Waals surface area contributed by atoms with Crippen molar-refractivity contribution >= 4 is 11.6 Å². The fourth-order valence-electron chi connectivity index (χ4n) is 1.61. The molecule has 0 atom stereocenters. The van der Waals surface area contributed by atoms with Gasteiger partial charge in [-0.3, -0.25) is 4.79 Å². The van der Waals surface area contributed by atoms with Crippen LogP contribution in [0.3, 0.4) is 0 Å². The molecule has 1 aromatic carbocycles. The second kappa shape index (κ2) is 6.74. The highest BCUT2D eigenvalue weighted by atomic mass is 16.5. The number of likely N-dealkylation sites (N-methyl/N-ethyl adjacent to an activating group) is 1. The Balaban J connectivity index is 2.68. The Kier molecular flexibility index (Phi) is 5.30. The first kappa shape index (κ1) is 14.2. The second-order valence-electron chi connectivity index (χ2n) is 3.77. The zero-order valence-electron chi connectivity index (χ0n) is 11.1. The molecule has 0 aliphatic rings. The minimum atomic E-state index is -0.0514. The summed E-state index contributed by atoms with van der Waals surface area (Å²) < 4.78 is 10.6. The molecule has 0 bridgehead atoms. The van der Waals surface area contributed by atoms with E-state index in [1.807, 2.05) is 13.8 Å². The van der Waals surface area contributed by atoms with Crippen molar-refractivity contribution in [1.82, 2.24) is 4.90 Å². The number of hydrogen-bond donors (Lipinski definition) is 1. The molecule has 2 N–H and O–H groups in total. The van der Waals surface area contributed by atoms with E-state index < -0.39 is 0 Å². The van der Waals surface area contributed by atoms with Gasteiger partial charge >= 0.3 is 0 Å². The first-order valence-corrected chi connectivity index (χ1v) is 5.96. The first-order chi connectivity index (χ1) is 8.62. The van der Waals surface area contributed by atoms with Crippen LogP contribution in [0.1, 0.15) is 13.8 Å². The third-order valence-corrected chi connectivity index (χ3v) is 2.65. The summed E-state index contributed by atoms with van der Waals surface area (Å²) in [5.74, 6) is 0.999. The van der Waals surface area contributed by atoms with Gasteiger partial charge in [0.2, 0.25) is 0 Å². The van der Waals surface area contributed by atoms with Gasteiger partial charge in [-0.25, -0.2) is 0 Å². The van der Waals surface area contributed by atoms with Crippen molar-refractivity contribution in [1.29, 1.82) is 0 Å². The molecule has 100 valence electrons. The van der Waals surface area contributed by atoms with Crippen LogP contribution in [0.4, 0.5) is 5.69 Å². The number of carbonyl (C=O) groups is 1. The number of amides is 1. The van der Waals surface area contributed by atoms with Gasteiger partial charge in [0.25, 0.3) is 5.91 Å². The van der Waals surface area contributed by atoms with E-state index in [4.69, 9.17) is 15.2 Å². The van der Waals surface area contributed by atoms with Crippen molar-refractivity contribution in [2.75, 3.05) is 32.5 Å². The van der Waals surface area contributed by atoms with E-state index >= 15 is 0 Å². The van der Waals surface area contributed by atoms with Crippen LogP contribution < -0.4 is 15.2 Å². The molecule has 5 nitrogen and oxygen atoms in total. The monoisotopic (exact) mass is 252 g/mol.